The first-order valence-corrected chi connectivity index (χ1v) is 6.19. The molecule has 0 saturated carbocycles. The maximum absolute atomic E-state index is 5.42. The minimum absolute atomic E-state index is 0.295. The average molecular weight is 233 g/mol. The van der Waals surface area contributed by atoms with Crippen LogP contribution in [0.5, 0.6) is 5.75 Å². The van der Waals surface area contributed by atoms with Crippen LogP contribution in [0, 0.1) is 0 Å². The van der Waals surface area contributed by atoms with Crippen molar-refractivity contribution >= 4 is 0 Å². The molecule has 0 aromatic heterocycles. The molecule has 0 amide bonds. The van der Waals surface area contributed by atoms with Crippen molar-refractivity contribution < 1.29 is 4.74 Å². The highest BCUT2D eigenvalue weighted by atomic mass is 16.5. The summed E-state index contributed by atoms with van der Waals surface area (Å²) in [5.41, 5.74) is 2.40. The van der Waals surface area contributed by atoms with E-state index >= 15 is 0 Å². The van der Waals surface area contributed by atoms with Gasteiger partial charge in [0.2, 0.25) is 0 Å². The lowest BCUT2D eigenvalue weighted by Crippen LogP contribution is -2.22. The third-order valence-electron chi connectivity index (χ3n) is 2.71. The summed E-state index contributed by atoms with van der Waals surface area (Å²) in [5.74, 6) is 0.947. The standard InChI is InChI=1S/C15H23NO/c1-5-10-16-14(11-12(2)3)13-8-6-7-9-15(13)17-4/h6-9,14,16H,2,5,10-11H2,1,3-4H3. The summed E-state index contributed by atoms with van der Waals surface area (Å²) in [5, 5.41) is 3.55. The summed E-state index contributed by atoms with van der Waals surface area (Å²) in [7, 11) is 1.72. The molecular weight excluding hydrogens is 210 g/mol. The van der Waals surface area contributed by atoms with Crippen LogP contribution in [-0.4, -0.2) is 13.7 Å². The van der Waals surface area contributed by atoms with Crippen LogP contribution in [0.1, 0.15) is 38.3 Å². The first-order chi connectivity index (χ1) is 8.19. The minimum Gasteiger partial charge on any atom is -0.496 e. The zero-order chi connectivity index (χ0) is 12.7. The van der Waals surface area contributed by atoms with Gasteiger partial charge in [-0.15, -0.1) is 6.58 Å². The fourth-order valence-electron chi connectivity index (χ4n) is 1.91. The molecule has 1 rings (SSSR count). The molecule has 2 nitrogen and oxygen atoms in total. The molecule has 1 atom stereocenters. The molecule has 0 saturated heterocycles. The molecule has 0 bridgehead atoms. The van der Waals surface area contributed by atoms with Gasteiger partial charge in [-0.25, -0.2) is 0 Å². The van der Waals surface area contributed by atoms with Crippen molar-refractivity contribution in [3.8, 4) is 5.75 Å². The highest BCUT2D eigenvalue weighted by Gasteiger charge is 2.14. The van der Waals surface area contributed by atoms with E-state index in [9.17, 15) is 0 Å². The van der Waals surface area contributed by atoms with Gasteiger partial charge in [0, 0.05) is 11.6 Å². The van der Waals surface area contributed by atoms with E-state index in [-0.39, 0.29) is 0 Å². The molecule has 0 fully saturated rings. The van der Waals surface area contributed by atoms with Gasteiger partial charge in [-0.1, -0.05) is 30.7 Å². The van der Waals surface area contributed by atoms with Crippen LogP contribution >= 0.6 is 0 Å². The second-order valence-electron chi connectivity index (χ2n) is 4.41. The summed E-state index contributed by atoms with van der Waals surface area (Å²) in [4.78, 5) is 0. The van der Waals surface area contributed by atoms with Gasteiger partial charge in [0.15, 0.2) is 0 Å². The molecule has 17 heavy (non-hydrogen) atoms. The van der Waals surface area contributed by atoms with Crippen LogP contribution in [0.2, 0.25) is 0 Å². The Morgan fingerprint density at radius 3 is 2.71 bits per heavy atom. The van der Waals surface area contributed by atoms with Crippen molar-refractivity contribution in [2.24, 2.45) is 0 Å². The summed E-state index contributed by atoms with van der Waals surface area (Å²) in [6.07, 6.45) is 2.07. The van der Waals surface area contributed by atoms with Gasteiger partial charge in [-0.05, 0) is 32.4 Å². The van der Waals surface area contributed by atoms with Crippen molar-refractivity contribution in [1.82, 2.24) is 5.32 Å². The Hall–Kier alpha value is -1.28. The van der Waals surface area contributed by atoms with E-state index in [1.807, 2.05) is 12.1 Å². The number of methoxy groups -OCH3 is 1. The van der Waals surface area contributed by atoms with E-state index in [1.54, 1.807) is 7.11 Å². The lowest BCUT2D eigenvalue weighted by molar-refractivity contribution is 0.398. The van der Waals surface area contributed by atoms with Gasteiger partial charge < -0.3 is 10.1 Å². The Bertz CT molecular complexity index is 360. The smallest absolute Gasteiger partial charge is 0.123 e. The number of rotatable bonds is 7. The summed E-state index contributed by atoms with van der Waals surface area (Å²) >= 11 is 0. The van der Waals surface area contributed by atoms with Gasteiger partial charge in [0.1, 0.15) is 5.75 Å². The van der Waals surface area contributed by atoms with E-state index in [4.69, 9.17) is 4.74 Å². The van der Waals surface area contributed by atoms with Crippen LogP contribution in [0.4, 0.5) is 0 Å². The molecule has 1 aromatic rings. The molecule has 0 aliphatic heterocycles. The van der Waals surface area contributed by atoms with Crippen LogP contribution in [0.15, 0.2) is 36.4 Å². The van der Waals surface area contributed by atoms with Gasteiger partial charge in [-0.3, -0.25) is 0 Å². The number of para-hydroxylation sites is 1. The van der Waals surface area contributed by atoms with E-state index in [1.165, 1.54) is 11.1 Å². The molecule has 0 heterocycles. The van der Waals surface area contributed by atoms with Crippen LogP contribution in [0.25, 0.3) is 0 Å². The lowest BCUT2D eigenvalue weighted by atomic mass is 9.99. The van der Waals surface area contributed by atoms with Gasteiger partial charge in [0.05, 0.1) is 7.11 Å². The number of hydrogen-bond donors (Lipinski definition) is 1. The third kappa shape index (κ3) is 4.23. The molecule has 0 spiro atoms. The fraction of sp³-hybridized carbons (Fsp3) is 0.467. The van der Waals surface area contributed by atoms with E-state index in [2.05, 4.69) is 37.9 Å². The van der Waals surface area contributed by atoms with E-state index < -0.39 is 0 Å². The van der Waals surface area contributed by atoms with E-state index in [0.29, 0.717) is 6.04 Å². The van der Waals surface area contributed by atoms with Crippen molar-refractivity contribution in [3.63, 3.8) is 0 Å². The lowest BCUT2D eigenvalue weighted by Gasteiger charge is -2.21. The van der Waals surface area contributed by atoms with Crippen LogP contribution in [-0.2, 0) is 0 Å². The van der Waals surface area contributed by atoms with Crippen LogP contribution < -0.4 is 10.1 Å². The topological polar surface area (TPSA) is 21.3 Å². The molecule has 1 aromatic carbocycles. The summed E-state index contributed by atoms with van der Waals surface area (Å²) < 4.78 is 5.42. The van der Waals surface area contributed by atoms with Gasteiger partial charge in [0.25, 0.3) is 0 Å². The normalized spacial score (nSPS) is 12.2. The molecule has 94 valence electrons. The van der Waals surface area contributed by atoms with Crippen molar-refractivity contribution in [3.05, 3.63) is 42.0 Å². The molecule has 0 aliphatic rings. The number of ether oxygens (including phenoxy) is 1. The second kappa shape index (κ2) is 7.13. The number of hydrogen-bond acceptors (Lipinski definition) is 2. The quantitative estimate of drug-likeness (QED) is 0.725. The Balaban J connectivity index is 2.90. The first-order valence-electron chi connectivity index (χ1n) is 6.19. The van der Waals surface area contributed by atoms with Gasteiger partial charge >= 0.3 is 0 Å². The summed E-state index contributed by atoms with van der Waals surface area (Å²) in [6.45, 7) is 9.25. The Kier molecular flexibility index (Phi) is 5.78. The highest BCUT2D eigenvalue weighted by Crippen LogP contribution is 2.28. The molecule has 1 N–H and O–H groups in total. The SMILES string of the molecule is C=C(C)CC(NCCC)c1ccccc1OC. The maximum Gasteiger partial charge on any atom is 0.123 e. The first kappa shape index (κ1) is 13.8. The zero-order valence-corrected chi connectivity index (χ0v) is 11.1. The number of benzene rings is 1. The van der Waals surface area contributed by atoms with Crippen LogP contribution in [0.3, 0.4) is 0 Å². The van der Waals surface area contributed by atoms with Gasteiger partial charge in [-0.2, -0.15) is 0 Å². The number of nitrogens with one attached hydrogen (secondary N) is 1. The largest absolute Gasteiger partial charge is 0.496 e. The van der Waals surface area contributed by atoms with Crippen molar-refractivity contribution in [1.29, 1.82) is 0 Å². The highest BCUT2D eigenvalue weighted by molar-refractivity contribution is 5.36. The monoisotopic (exact) mass is 233 g/mol. The predicted molar refractivity (Wildman–Crippen MR) is 73.5 cm³/mol. The van der Waals surface area contributed by atoms with E-state index in [0.717, 1.165) is 25.1 Å². The average Bonchev–Trinajstić information content (AvgIpc) is 2.34. The Labute approximate surface area is 105 Å². The molecular formula is C15H23NO. The Morgan fingerprint density at radius 2 is 2.12 bits per heavy atom. The van der Waals surface area contributed by atoms with Crippen molar-refractivity contribution in [2.45, 2.75) is 32.7 Å². The summed E-state index contributed by atoms with van der Waals surface area (Å²) in [6, 6.07) is 8.48. The zero-order valence-electron chi connectivity index (χ0n) is 11.1. The molecule has 0 radical (unpaired) electrons. The second-order valence-corrected chi connectivity index (χ2v) is 4.41. The Morgan fingerprint density at radius 1 is 1.41 bits per heavy atom. The minimum atomic E-state index is 0.295. The molecule has 1 unspecified atom stereocenters. The maximum atomic E-state index is 5.42. The van der Waals surface area contributed by atoms with Crippen molar-refractivity contribution in [2.75, 3.05) is 13.7 Å². The fourth-order valence-corrected chi connectivity index (χ4v) is 1.91. The molecule has 2 heteroatoms. The molecule has 0 aliphatic carbocycles. The third-order valence-corrected chi connectivity index (χ3v) is 2.71. The predicted octanol–water partition coefficient (Wildman–Crippen LogP) is 3.70.